The Morgan fingerprint density at radius 1 is 1.44 bits per heavy atom. The average molecular weight is 274 g/mol. The van der Waals surface area contributed by atoms with Crippen LogP contribution in [-0.2, 0) is 9.59 Å². The fourth-order valence-corrected chi connectivity index (χ4v) is 1.65. The van der Waals surface area contributed by atoms with Gasteiger partial charge in [0, 0.05) is 12.8 Å². The number of carboxylic acids is 1. The van der Waals surface area contributed by atoms with Gasteiger partial charge in [0.25, 0.3) is 0 Å². The zero-order valence-corrected chi connectivity index (χ0v) is 10.5. The molecule has 0 spiro atoms. The fraction of sp³-hybridized carbons (Fsp3) is 0.333. The third-order valence-corrected chi connectivity index (χ3v) is 2.59. The van der Waals surface area contributed by atoms with Crippen LogP contribution in [-0.4, -0.2) is 17.0 Å². The Hall–Kier alpha value is -1.62. The van der Waals surface area contributed by atoms with Crippen molar-refractivity contribution >= 4 is 29.2 Å². The Labute approximate surface area is 109 Å². The van der Waals surface area contributed by atoms with Gasteiger partial charge in [-0.25, -0.2) is 4.39 Å². The maximum atomic E-state index is 12.9. The molecular weight excluding hydrogens is 261 g/mol. The molecule has 0 bridgehead atoms. The average Bonchev–Trinajstić information content (AvgIpc) is 2.21. The highest BCUT2D eigenvalue weighted by molar-refractivity contribution is 6.33. The predicted molar refractivity (Wildman–Crippen MR) is 66.1 cm³/mol. The number of rotatable bonds is 5. The van der Waals surface area contributed by atoms with Gasteiger partial charge in [0.2, 0.25) is 5.91 Å². The first-order valence-electron chi connectivity index (χ1n) is 5.35. The molecule has 1 amide bonds. The number of carbonyl (C=O) groups is 2. The molecule has 6 heteroatoms. The quantitative estimate of drug-likeness (QED) is 0.867. The zero-order valence-electron chi connectivity index (χ0n) is 9.74. The van der Waals surface area contributed by atoms with Crippen molar-refractivity contribution < 1.29 is 19.1 Å². The van der Waals surface area contributed by atoms with Crippen molar-refractivity contribution in [3.63, 3.8) is 0 Å². The van der Waals surface area contributed by atoms with Gasteiger partial charge < -0.3 is 10.4 Å². The van der Waals surface area contributed by atoms with Crippen molar-refractivity contribution in [2.75, 3.05) is 5.32 Å². The Morgan fingerprint density at radius 2 is 2.11 bits per heavy atom. The molecular formula is C12H13ClFNO3. The van der Waals surface area contributed by atoms with Gasteiger partial charge in [0.15, 0.2) is 0 Å². The second kappa shape index (κ2) is 6.35. The molecule has 1 aromatic rings. The third kappa shape index (κ3) is 4.71. The molecule has 1 atom stereocenters. The van der Waals surface area contributed by atoms with Crippen LogP contribution in [0, 0.1) is 11.7 Å². The van der Waals surface area contributed by atoms with E-state index < -0.39 is 17.7 Å². The summed E-state index contributed by atoms with van der Waals surface area (Å²) in [6.07, 6.45) is -0.0521. The van der Waals surface area contributed by atoms with E-state index in [4.69, 9.17) is 16.7 Å². The summed E-state index contributed by atoms with van der Waals surface area (Å²) in [5.41, 5.74) is 0.184. The highest BCUT2D eigenvalue weighted by Crippen LogP contribution is 2.23. The van der Waals surface area contributed by atoms with Crippen LogP contribution in [0.15, 0.2) is 18.2 Å². The molecule has 4 nitrogen and oxygen atoms in total. The van der Waals surface area contributed by atoms with Crippen LogP contribution in [0.2, 0.25) is 5.02 Å². The predicted octanol–water partition coefficient (Wildman–Crippen LogP) is 2.92. The van der Waals surface area contributed by atoms with Crippen LogP contribution in [0.4, 0.5) is 10.1 Å². The minimum absolute atomic E-state index is 0.0408. The first-order valence-corrected chi connectivity index (χ1v) is 5.73. The number of amides is 1. The van der Waals surface area contributed by atoms with Gasteiger partial charge in [-0.1, -0.05) is 18.5 Å². The van der Waals surface area contributed by atoms with Crippen LogP contribution >= 0.6 is 11.6 Å². The van der Waals surface area contributed by atoms with Gasteiger partial charge in [-0.2, -0.15) is 0 Å². The summed E-state index contributed by atoms with van der Waals surface area (Å²) in [6.45, 7) is 1.65. The Bertz CT molecular complexity index is 465. The smallest absolute Gasteiger partial charge is 0.303 e. The standard InChI is InChI=1S/C12H13ClFNO3/c1-7(5-12(17)18)4-11(16)15-10-6-8(14)2-3-9(10)13/h2-3,6-7H,4-5H2,1H3,(H,15,16)(H,17,18). The van der Waals surface area contributed by atoms with Crippen molar-refractivity contribution in [2.24, 2.45) is 5.92 Å². The van der Waals surface area contributed by atoms with Crippen molar-refractivity contribution in [3.05, 3.63) is 29.0 Å². The summed E-state index contributed by atoms with van der Waals surface area (Å²) in [6, 6.07) is 3.64. The van der Waals surface area contributed by atoms with E-state index in [2.05, 4.69) is 5.32 Å². The number of anilines is 1. The Kier molecular flexibility index (Phi) is 5.09. The molecule has 0 aromatic heterocycles. The van der Waals surface area contributed by atoms with E-state index in [0.717, 1.165) is 6.07 Å². The van der Waals surface area contributed by atoms with Gasteiger partial charge in [-0.3, -0.25) is 9.59 Å². The third-order valence-electron chi connectivity index (χ3n) is 2.26. The van der Waals surface area contributed by atoms with Gasteiger partial charge in [0.1, 0.15) is 5.82 Å². The number of nitrogens with one attached hydrogen (secondary N) is 1. The summed E-state index contributed by atoms with van der Waals surface area (Å²) in [4.78, 5) is 22.0. The van der Waals surface area contributed by atoms with Gasteiger partial charge >= 0.3 is 5.97 Å². The highest BCUT2D eigenvalue weighted by atomic mass is 35.5. The molecule has 0 aliphatic rings. The van der Waals surface area contributed by atoms with E-state index in [1.165, 1.54) is 12.1 Å². The van der Waals surface area contributed by atoms with Crippen molar-refractivity contribution in [1.82, 2.24) is 0 Å². The lowest BCUT2D eigenvalue weighted by atomic mass is 10.0. The lowest BCUT2D eigenvalue weighted by Gasteiger charge is -2.10. The number of hydrogen-bond acceptors (Lipinski definition) is 2. The molecule has 0 saturated heterocycles. The molecule has 1 aromatic carbocycles. The maximum absolute atomic E-state index is 12.9. The van der Waals surface area contributed by atoms with E-state index in [9.17, 15) is 14.0 Å². The molecule has 2 N–H and O–H groups in total. The summed E-state index contributed by atoms with van der Waals surface area (Å²) < 4.78 is 12.9. The van der Waals surface area contributed by atoms with Gasteiger partial charge in [0.05, 0.1) is 10.7 Å². The molecule has 1 rings (SSSR count). The van der Waals surface area contributed by atoms with E-state index in [1.54, 1.807) is 6.92 Å². The Balaban J connectivity index is 2.59. The van der Waals surface area contributed by atoms with E-state index >= 15 is 0 Å². The summed E-state index contributed by atoms with van der Waals surface area (Å²) in [5.74, 6) is -2.15. The highest BCUT2D eigenvalue weighted by Gasteiger charge is 2.14. The maximum Gasteiger partial charge on any atom is 0.303 e. The normalized spacial score (nSPS) is 11.9. The Morgan fingerprint density at radius 3 is 2.72 bits per heavy atom. The number of carboxylic acid groups (broad SMARTS) is 1. The van der Waals surface area contributed by atoms with E-state index in [0.29, 0.717) is 0 Å². The number of halogens is 2. The van der Waals surface area contributed by atoms with E-state index in [-0.39, 0.29) is 29.5 Å². The SMILES string of the molecule is CC(CC(=O)O)CC(=O)Nc1cc(F)ccc1Cl. The number of benzene rings is 1. The summed E-state index contributed by atoms with van der Waals surface area (Å²) >= 11 is 5.79. The zero-order chi connectivity index (χ0) is 13.7. The largest absolute Gasteiger partial charge is 0.481 e. The molecule has 0 radical (unpaired) electrons. The lowest BCUT2D eigenvalue weighted by molar-refractivity contribution is -0.138. The second-order valence-electron chi connectivity index (χ2n) is 4.08. The van der Waals surface area contributed by atoms with Crippen LogP contribution in [0.5, 0.6) is 0 Å². The van der Waals surface area contributed by atoms with Crippen LogP contribution in [0.3, 0.4) is 0 Å². The number of aliphatic carboxylic acids is 1. The number of carbonyl (C=O) groups excluding carboxylic acids is 1. The van der Waals surface area contributed by atoms with E-state index in [1.807, 2.05) is 0 Å². The van der Waals surface area contributed by atoms with Crippen molar-refractivity contribution in [2.45, 2.75) is 19.8 Å². The second-order valence-corrected chi connectivity index (χ2v) is 4.49. The summed E-state index contributed by atoms with van der Waals surface area (Å²) in [7, 11) is 0. The molecule has 1 unspecified atom stereocenters. The molecule has 0 aliphatic heterocycles. The molecule has 98 valence electrons. The minimum atomic E-state index is -0.959. The molecule has 0 saturated carbocycles. The monoisotopic (exact) mass is 273 g/mol. The molecule has 0 heterocycles. The van der Waals surface area contributed by atoms with Gasteiger partial charge in [-0.15, -0.1) is 0 Å². The summed E-state index contributed by atoms with van der Waals surface area (Å²) in [5, 5.41) is 11.2. The molecule has 0 aliphatic carbocycles. The van der Waals surface area contributed by atoms with Gasteiger partial charge in [-0.05, 0) is 24.1 Å². The van der Waals surface area contributed by atoms with Crippen LogP contribution in [0.1, 0.15) is 19.8 Å². The fourth-order valence-electron chi connectivity index (χ4n) is 1.48. The molecule has 0 fully saturated rings. The van der Waals surface area contributed by atoms with Crippen LogP contribution < -0.4 is 5.32 Å². The first kappa shape index (κ1) is 14.4. The lowest BCUT2D eigenvalue weighted by Crippen LogP contribution is -2.17. The topological polar surface area (TPSA) is 66.4 Å². The first-order chi connectivity index (χ1) is 8.38. The minimum Gasteiger partial charge on any atom is -0.481 e. The van der Waals surface area contributed by atoms with Crippen molar-refractivity contribution in [3.8, 4) is 0 Å². The van der Waals surface area contributed by atoms with Crippen LogP contribution in [0.25, 0.3) is 0 Å². The number of hydrogen-bond donors (Lipinski definition) is 2. The van der Waals surface area contributed by atoms with Crippen molar-refractivity contribution in [1.29, 1.82) is 0 Å². The molecule has 18 heavy (non-hydrogen) atoms.